The van der Waals surface area contributed by atoms with E-state index in [2.05, 4.69) is 36.4 Å². The first-order valence-corrected chi connectivity index (χ1v) is 30.8. The number of hydrogen-bond donors (Lipinski definition) is 7. The van der Waals surface area contributed by atoms with Gasteiger partial charge in [-0.05, 0) is 87.2 Å². The van der Waals surface area contributed by atoms with Gasteiger partial charge in [-0.1, -0.05) is 72.7 Å². The number of anilines is 1. The van der Waals surface area contributed by atoms with Gasteiger partial charge in [-0.3, -0.25) is 34.3 Å². The Labute approximate surface area is 516 Å². The van der Waals surface area contributed by atoms with Gasteiger partial charge in [-0.2, -0.15) is 0 Å². The summed E-state index contributed by atoms with van der Waals surface area (Å²) in [5, 5.41) is 24.4. The highest BCUT2D eigenvalue weighted by Gasteiger charge is 2.64. The van der Waals surface area contributed by atoms with E-state index in [1.807, 2.05) is 44.3 Å². The quantitative estimate of drug-likeness (QED) is 0.0198. The molecule has 3 aliphatic rings. The minimum absolute atomic E-state index is 0.0344. The molecule has 0 unspecified atom stereocenters. The molecule has 9 atom stereocenters. The fourth-order valence-electron chi connectivity index (χ4n) is 10.9. The lowest BCUT2D eigenvalue weighted by atomic mass is 9.83. The zero-order chi connectivity index (χ0) is 64.1. The lowest BCUT2D eigenvalue weighted by Crippen LogP contribution is -2.63. The smallest absolute Gasteiger partial charge is 0.495 e. The number of ether oxygens (including phenoxy) is 7. The van der Waals surface area contributed by atoms with E-state index in [4.69, 9.17) is 44.8 Å². The van der Waals surface area contributed by atoms with Gasteiger partial charge in [0.15, 0.2) is 5.72 Å². The van der Waals surface area contributed by atoms with E-state index >= 15 is 0 Å². The largest absolute Gasteiger partial charge is 0.524 e. The van der Waals surface area contributed by atoms with Crippen LogP contribution < -0.4 is 35.4 Å². The highest BCUT2D eigenvalue weighted by atomic mass is 35.5. The molecule has 3 aliphatic heterocycles. The lowest BCUT2D eigenvalue weighted by Gasteiger charge is -2.42. The summed E-state index contributed by atoms with van der Waals surface area (Å²) in [7, 11) is 2.89. The van der Waals surface area contributed by atoms with Crippen molar-refractivity contribution in [1.82, 2.24) is 30.7 Å². The summed E-state index contributed by atoms with van der Waals surface area (Å²) in [5.41, 5.74) is 1.32. The average Bonchev–Trinajstić information content (AvgIpc) is 1.76. The number of rotatable bonds is 25. The molecule has 25 nitrogen and oxygen atoms in total. The molecule has 4 aromatic rings. The number of aryl methyl sites for hydroxylation is 1. The van der Waals surface area contributed by atoms with Crippen LogP contribution in [0, 0.1) is 5.92 Å². The molecule has 0 aliphatic carbocycles. The Morgan fingerprint density at radius 1 is 1.00 bits per heavy atom. The van der Waals surface area contributed by atoms with Crippen molar-refractivity contribution in [3.8, 4) is 11.5 Å². The molecule has 5 amide bonds. The van der Waals surface area contributed by atoms with Gasteiger partial charge in [0, 0.05) is 77.2 Å². The van der Waals surface area contributed by atoms with Gasteiger partial charge < -0.3 is 73.1 Å². The van der Waals surface area contributed by atoms with Crippen LogP contribution in [0.1, 0.15) is 70.2 Å². The number of alkyl carbamates (subject to hydrolysis) is 1. The van der Waals surface area contributed by atoms with Crippen molar-refractivity contribution in [2.24, 2.45) is 5.92 Å². The van der Waals surface area contributed by atoms with Crippen LogP contribution in [0.4, 0.5) is 10.5 Å². The number of amides is 5. The Balaban J connectivity index is 0.917. The third-order valence-corrected chi connectivity index (χ3v) is 16.8. The molecule has 0 spiro atoms. The topological polar surface area (TPSA) is 317 Å². The summed E-state index contributed by atoms with van der Waals surface area (Å²) in [5.74, 6) is -3.01. The van der Waals surface area contributed by atoms with Gasteiger partial charge >= 0.3 is 19.9 Å². The molecule has 7 rings (SSSR count). The fraction of sp³-hybridized carbons (Fsp3) is 0.508. The molecule has 2 saturated heterocycles. The summed E-state index contributed by atoms with van der Waals surface area (Å²) >= 11 is 6.83. The number of aromatic nitrogens is 1. The SMILES string of the molecule is CNCc1cc2ccccc2n1CCC(=O)N[C@@H](Cc1ccc(OP(=O)(O)O)cc1)C(=O)NCCOCCOCCC(=O)N(C)[C@@H](C)C(=O)O[C@H]1CC(=O)N(C)c2cc(cc(OC)c2Cl)C/C(C)=C/C=C/[C@@H](OC)[C@@]2(O)C[C@H](OC(=O)N2)[C@@H](C)[C@@H]2O[C@]12C. The zero-order valence-electron chi connectivity index (χ0n) is 50.9. The standard InChI is InChI=1S/C61H81ClN7O18P/c1-37-13-12-16-50(81-9)61(76)35-49(84-59(75)66-61)38(2)56-60(4,86-56)51(34-54(72)68(7)47-31-41(29-37)32-48(80-8)55(47)62)85-58(74)39(3)67(6)53(71)22-25-82-27-28-83-26-23-64-57(73)45(30-40-17-19-44(20-18-40)87-88(77,78)79)65-52(70)21-24-69-43(36-63-5)33-42-14-10-11-15-46(42)69/h10-20,31-33,38-39,45,49-51,56,63,76H,21-30,34-36H2,1-9H3,(H,64,73)(H,65,70)(H,66,75)(H2,77,78,79)/b16-12+,37-13+/t38-,39+,45+,49+,50-,51+,56+,60-,61+/m1/s1. The van der Waals surface area contributed by atoms with Crippen LogP contribution in [0.5, 0.6) is 11.5 Å². The molecule has 7 N–H and O–H groups in total. The van der Waals surface area contributed by atoms with Crippen molar-refractivity contribution >= 4 is 71.7 Å². The molecule has 0 radical (unpaired) electrons. The number of carbonyl (C=O) groups is 6. The summed E-state index contributed by atoms with van der Waals surface area (Å²) < 4.78 is 58.9. The van der Waals surface area contributed by atoms with Gasteiger partial charge in [0.25, 0.3) is 0 Å². The number of epoxide rings is 1. The molecule has 27 heteroatoms. The number of nitrogens with one attached hydrogen (secondary N) is 4. The molecule has 480 valence electrons. The molecule has 3 aromatic carbocycles. The summed E-state index contributed by atoms with van der Waals surface area (Å²) in [6.45, 7) is 8.04. The number of methoxy groups -OCH3 is 2. The Hall–Kier alpha value is -6.90. The van der Waals surface area contributed by atoms with E-state index in [1.165, 1.54) is 62.3 Å². The van der Waals surface area contributed by atoms with Gasteiger partial charge in [0.2, 0.25) is 23.6 Å². The Bertz CT molecular complexity index is 3250. The van der Waals surface area contributed by atoms with Crippen LogP contribution >= 0.6 is 19.4 Å². The number of phosphoric ester groups is 1. The van der Waals surface area contributed by atoms with Gasteiger partial charge in [0.1, 0.15) is 52.5 Å². The molecular formula is C61H81ClN7O18P. The normalized spacial score (nSPS) is 23.9. The molecule has 2 fully saturated rings. The van der Waals surface area contributed by atoms with Crippen LogP contribution in [0.15, 0.2) is 90.5 Å². The van der Waals surface area contributed by atoms with Crippen molar-refractivity contribution in [2.45, 2.75) is 127 Å². The monoisotopic (exact) mass is 1270 g/mol. The Morgan fingerprint density at radius 2 is 1.72 bits per heavy atom. The van der Waals surface area contributed by atoms with Crippen molar-refractivity contribution in [3.63, 3.8) is 0 Å². The number of esters is 1. The molecule has 88 heavy (non-hydrogen) atoms. The molecule has 4 bridgehead atoms. The van der Waals surface area contributed by atoms with E-state index in [0.29, 0.717) is 36.5 Å². The average molecular weight is 1270 g/mol. The first-order valence-electron chi connectivity index (χ1n) is 28.9. The van der Waals surface area contributed by atoms with Crippen LogP contribution in [0.3, 0.4) is 0 Å². The lowest BCUT2D eigenvalue weighted by molar-refractivity contribution is -0.162. The number of nitrogens with zero attached hydrogens (tertiary/aromatic N) is 3. The summed E-state index contributed by atoms with van der Waals surface area (Å²) in [4.78, 5) is 103. The van der Waals surface area contributed by atoms with Crippen LogP contribution in [-0.2, 0) is 82.9 Å². The molecule has 0 saturated carbocycles. The molecular weight excluding hydrogens is 1190 g/mol. The van der Waals surface area contributed by atoms with Crippen molar-refractivity contribution in [1.29, 1.82) is 0 Å². The van der Waals surface area contributed by atoms with Gasteiger partial charge in [0.05, 0.1) is 58.2 Å². The minimum atomic E-state index is -4.80. The molecule has 1 aromatic heterocycles. The van der Waals surface area contributed by atoms with E-state index in [9.17, 15) is 48.2 Å². The first kappa shape index (κ1) is 68.6. The number of fused-ring (bicyclic) bond motifs is 6. The second-order valence-electron chi connectivity index (χ2n) is 22.3. The van der Waals surface area contributed by atoms with E-state index < -0.39 is 97.8 Å². The molecule has 4 heterocycles. The number of phosphoric acid groups is 1. The van der Waals surface area contributed by atoms with Crippen LogP contribution in [0.25, 0.3) is 10.9 Å². The maximum atomic E-state index is 14.4. The first-order chi connectivity index (χ1) is 41.8. The number of benzene rings is 3. The number of carbonyl (C=O) groups excluding carboxylic acids is 6. The van der Waals surface area contributed by atoms with Gasteiger partial charge in [-0.15, -0.1) is 0 Å². The maximum Gasteiger partial charge on any atom is 0.524 e. The minimum Gasteiger partial charge on any atom is -0.495 e. The number of hydrogen-bond acceptors (Lipinski definition) is 17. The fourth-order valence-corrected chi connectivity index (χ4v) is 11.6. The third-order valence-electron chi connectivity index (χ3n) is 16.0. The second-order valence-corrected chi connectivity index (χ2v) is 23.9. The highest BCUT2D eigenvalue weighted by Crippen LogP contribution is 2.49. The van der Waals surface area contributed by atoms with E-state index in [-0.39, 0.29) is 75.3 Å². The zero-order valence-corrected chi connectivity index (χ0v) is 52.6. The number of para-hydroxylation sites is 1. The number of likely N-dealkylation sites (N-methyl/N-ethyl adjacent to an activating group) is 1. The maximum absolute atomic E-state index is 14.4. The van der Waals surface area contributed by atoms with Crippen LogP contribution in [-0.4, -0.2) is 176 Å². The van der Waals surface area contributed by atoms with E-state index in [0.717, 1.165) is 27.7 Å². The van der Waals surface area contributed by atoms with Crippen molar-refractivity contribution in [3.05, 3.63) is 112 Å². The number of halogens is 1. The Kier molecular flexibility index (Phi) is 23.8. The predicted molar refractivity (Wildman–Crippen MR) is 324 cm³/mol. The van der Waals surface area contributed by atoms with E-state index in [1.54, 1.807) is 45.2 Å². The summed E-state index contributed by atoms with van der Waals surface area (Å²) in [6, 6.07) is 17.0. The van der Waals surface area contributed by atoms with Crippen molar-refractivity contribution < 1.29 is 85.9 Å². The second kappa shape index (κ2) is 30.5. The van der Waals surface area contributed by atoms with Crippen LogP contribution in [0.2, 0.25) is 5.02 Å². The van der Waals surface area contributed by atoms with Crippen molar-refractivity contribution in [2.75, 3.05) is 73.2 Å². The number of allylic oxidation sites excluding steroid dienone is 3. The predicted octanol–water partition coefficient (Wildman–Crippen LogP) is 5.02. The highest BCUT2D eigenvalue weighted by molar-refractivity contribution is 7.46. The third kappa shape index (κ3) is 17.9. The van der Waals surface area contributed by atoms with Gasteiger partial charge in [-0.25, -0.2) is 14.2 Å². The summed E-state index contributed by atoms with van der Waals surface area (Å²) in [6.07, 6.45) is 0.286. The number of aliphatic hydroxyl groups is 1. The Morgan fingerprint density at radius 3 is 2.41 bits per heavy atom.